The van der Waals surface area contributed by atoms with Crippen molar-refractivity contribution in [3.8, 4) is 11.4 Å². The Morgan fingerprint density at radius 1 is 1.15 bits per heavy atom. The van der Waals surface area contributed by atoms with Crippen LogP contribution in [0.5, 0.6) is 0 Å². The van der Waals surface area contributed by atoms with Gasteiger partial charge in [0.15, 0.2) is 0 Å². The number of H-pyrrole nitrogens is 1. The Balaban J connectivity index is 2.01. The van der Waals surface area contributed by atoms with E-state index >= 15 is 0 Å². The second-order valence-electron chi connectivity index (χ2n) is 5.11. The minimum Gasteiger partial charge on any atom is -0.327 e. The van der Waals surface area contributed by atoms with E-state index in [0.29, 0.717) is 0 Å². The number of imidazole rings is 1. The number of para-hydroxylation sites is 1. The van der Waals surface area contributed by atoms with Gasteiger partial charge in [0.2, 0.25) is 0 Å². The second kappa shape index (κ2) is 3.93. The van der Waals surface area contributed by atoms with Crippen molar-refractivity contribution in [2.24, 2.45) is 7.05 Å². The average Bonchev–Trinajstić information content (AvgIpc) is 3.04. The van der Waals surface area contributed by atoms with Gasteiger partial charge >= 0.3 is 0 Å². The summed E-state index contributed by atoms with van der Waals surface area (Å²) in [5.41, 5.74) is 5.58. The predicted octanol–water partition coefficient (Wildman–Crippen LogP) is 3.43. The van der Waals surface area contributed by atoms with E-state index in [4.69, 9.17) is 4.98 Å². The molecule has 4 nitrogen and oxygen atoms in total. The van der Waals surface area contributed by atoms with Gasteiger partial charge in [-0.25, -0.2) is 4.98 Å². The molecule has 0 bridgehead atoms. The molecule has 4 aromatic rings. The lowest BCUT2D eigenvalue weighted by Crippen LogP contribution is -1.92. The second-order valence-corrected chi connectivity index (χ2v) is 5.11. The van der Waals surface area contributed by atoms with Crippen molar-refractivity contribution in [3.05, 3.63) is 48.2 Å². The summed E-state index contributed by atoms with van der Waals surface area (Å²) in [6.45, 7) is 2.10. The van der Waals surface area contributed by atoms with Gasteiger partial charge in [0.1, 0.15) is 5.82 Å². The molecule has 2 aromatic carbocycles. The fourth-order valence-corrected chi connectivity index (χ4v) is 2.69. The third-order valence-electron chi connectivity index (χ3n) is 3.81. The van der Waals surface area contributed by atoms with Crippen molar-refractivity contribution in [3.63, 3.8) is 0 Å². The van der Waals surface area contributed by atoms with Crippen molar-refractivity contribution in [1.29, 1.82) is 0 Å². The first-order chi connectivity index (χ1) is 9.74. The van der Waals surface area contributed by atoms with Crippen molar-refractivity contribution >= 4 is 21.9 Å². The van der Waals surface area contributed by atoms with E-state index < -0.39 is 0 Å². The average molecular weight is 262 g/mol. The van der Waals surface area contributed by atoms with E-state index in [1.807, 2.05) is 12.3 Å². The molecule has 0 saturated carbocycles. The van der Waals surface area contributed by atoms with Gasteiger partial charge in [-0.1, -0.05) is 12.1 Å². The van der Waals surface area contributed by atoms with Crippen molar-refractivity contribution in [2.75, 3.05) is 0 Å². The van der Waals surface area contributed by atoms with Gasteiger partial charge in [-0.15, -0.1) is 0 Å². The molecule has 4 heteroatoms. The van der Waals surface area contributed by atoms with Gasteiger partial charge in [0.25, 0.3) is 0 Å². The van der Waals surface area contributed by atoms with Crippen LogP contribution in [-0.2, 0) is 7.05 Å². The van der Waals surface area contributed by atoms with Gasteiger partial charge in [-0.2, -0.15) is 5.10 Å². The Hall–Kier alpha value is -2.62. The zero-order valence-corrected chi connectivity index (χ0v) is 11.4. The maximum Gasteiger partial charge on any atom is 0.140 e. The zero-order valence-electron chi connectivity index (χ0n) is 11.4. The third kappa shape index (κ3) is 1.48. The lowest BCUT2D eigenvalue weighted by atomic mass is 10.1. The SMILES string of the molecule is Cc1cccc2c1nc(-c1ccc3[nH]ncc3c1)n2C. The van der Waals surface area contributed by atoms with Crippen LogP contribution in [0.4, 0.5) is 0 Å². The number of aromatic amines is 1. The highest BCUT2D eigenvalue weighted by molar-refractivity contribution is 5.87. The molecule has 0 saturated heterocycles. The van der Waals surface area contributed by atoms with E-state index in [9.17, 15) is 0 Å². The van der Waals surface area contributed by atoms with Crippen LogP contribution in [0.3, 0.4) is 0 Å². The lowest BCUT2D eigenvalue weighted by Gasteiger charge is -2.02. The first-order valence-electron chi connectivity index (χ1n) is 6.59. The molecule has 0 aliphatic heterocycles. The lowest BCUT2D eigenvalue weighted by molar-refractivity contribution is 0.960. The number of hydrogen-bond donors (Lipinski definition) is 1. The highest BCUT2D eigenvalue weighted by Crippen LogP contribution is 2.27. The molecule has 2 aromatic heterocycles. The van der Waals surface area contributed by atoms with Crippen molar-refractivity contribution in [1.82, 2.24) is 19.7 Å². The van der Waals surface area contributed by atoms with E-state index in [0.717, 1.165) is 33.3 Å². The number of aryl methyl sites for hydroxylation is 2. The van der Waals surface area contributed by atoms with E-state index in [1.54, 1.807) is 0 Å². The number of benzene rings is 2. The van der Waals surface area contributed by atoms with Crippen molar-refractivity contribution in [2.45, 2.75) is 6.92 Å². The van der Waals surface area contributed by atoms with Gasteiger partial charge < -0.3 is 4.57 Å². The van der Waals surface area contributed by atoms with Crippen LogP contribution in [-0.4, -0.2) is 19.7 Å². The summed E-state index contributed by atoms with van der Waals surface area (Å²) in [5, 5.41) is 8.14. The molecule has 98 valence electrons. The van der Waals surface area contributed by atoms with E-state index in [-0.39, 0.29) is 0 Å². The van der Waals surface area contributed by atoms with E-state index in [2.05, 4.69) is 59.1 Å². The molecule has 0 aliphatic carbocycles. The van der Waals surface area contributed by atoms with Gasteiger partial charge in [-0.05, 0) is 36.8 Å². The van der Waals surface area contributed by atoms with Crippen LogP contribution >= 0.6 is 0 Å². The number of nitrogens with one attached hydrogen (secondary N) is 1. The number of rotatable bonds is 1. The summed E-state index contributed by atoms with van der Waals surface area (Å²) >= 11 is 0. The van der Waals surface area contributed by atoms with Gasteiger partial charge in [0.05, 0.1) is 22.7 Å². The fourth-order valence-electron chi connectivity index (χ4n) is 2.69. The largest absolute Gasteiger partial charge is 0.327 e. The van der Waals surface area contributed by atoms with Gasteiger partial charge in [0, 0.05) is 18.0 Å². The number of fused-ring (bicyclic) bond motifs is 2. The molecule has 20 heavy (non-hydrogen) atoms. The third-order valence-corrected chi connectivity index (χ3v) is 3.81. The summed E-state index contributed by atoms with van der Waals surface area (Å²) in [5.74, 6) is 0.984. The fraction of sp³-hybridized carbons (Fsp3) is 0.125. The van der Waals surface area contributed by atoms with Crippen LogP contribution in [0, 0.1) is 6.92 Å². The van der Waals surface area contributed by atoms with Gasteiger partial charge in [-0.3, -0.25) is 5.10 Å². The molecule has 4 rings (SSSR count). The molecule has 0 fully saturated rings. The van der Waals surface area contributed by atoms with Crippen LogP contribution in [0.2, 0.25) is 0 Å². The van der Waals surface area contributed by atoms with E-state index in [1.165, 1.54) is 5.56 Å². The van der Waals surface area contributed by atoms with Crippen LogP contribution in [0.25, 0.3) is 33.3 Å². The highest BCUT2D eigenvalue weighted by atomic mass is 15.1. The smallest absolute Gasteiger partial charge is 0.140 e. The molecule has 2 heterocycles. The number of nitrogens with zero attached hydrogens (tertiary/aromatic N) is 3. The maximum absolute atomic E-state index is 4.81. The monoisotopic (exact) mass is 262 g/mol. The molecule has 0 radical (unpaired) electrons. The molecule has 0 spiro atoms. The molecular weight excluding hydrogens is 248 g/mol. The maximum atomic E-state index is 4.81. The Morgan fingerprint density at radius 3 is 2.90 bits per heavy atom. The molecule has 1 N–H and O–H groups in total. The summed E-state index contributed by atoms with van der Waals surface area (Å²) in [6, 6.07) is 12.5. The minimum absolute atomic E-state index is 0.984. The predicted molar refractivity (Wildman–Crippen MR) is 80.5 cm³/mol. The first kappa shape index (κ1) is 11.2. The Kier molecular flexibility index (Phi) is 2.21. The summed E-state index contributed by atoms with van der Waals surface area (Å²) in [6.07, 6.45) is 1.84. The summed E-state index contributed by atoms with van der Waals surface area (Å²) in [7, 11) is 2.06. The standard InChI is InChI=1S/C16H14N4/c1-10-4-3-5-14-15(10)18-16(20(14)2)11-6-7-13-12(8-11)9-17-19-13/h3-9H,1-2H3,(H,17,19). The Bertz CT molecular complexity index is 930. The minimum atomic E-state index is 0.984. The summed E-state index contributed by atoms with van der Waals surface area (Å²) in [4.78, 5) is 4.81. The topological polar surface area (TPSA) is 46.5 Å². The first-order valence-corrected chi connectivity index (χ1v) is 6.59. The summed E-state index contributed by atoms with van der Waals surface area (Å²) < 4.78 is 2.14. The molecule has 0 unspecified atom stereocenters. The molecule has 0 amide bonds. The molecule has 0 aliphatic rings. The Labute approximate surface area is 116 Å². The number of aromatic nitrogens is 4. The molecular formula is C16H14N4. The quantitative estimate of drug-likeness (QED) is 0.571. The van der Waals surface area contributed by atoms with Crippen LogP contribution in [0.1, 0.15) is 5.56 Å². The highest BCUT2D eigenvalue weighted by Gasteiger charge is 2.11. The zero-order chi connectivity index (χ0) is 13.7. The number of hydrogen-bond acceptors (Lipinski definition) is 2. The normalized spacial score (nSPS) is 11.5. The van der Waals surface area contributed by atoms with Crippen LogP contribution < -0.4 is 0 Å². The van der Waals surface area contributed by atoms with Crippen LogP contribution in [0.15, 0.2) is 42.6 Å². The van der Waals surface area contributed by atoms with Crippen molar-refractivity contribution < 1.29 is 0 Å². The Morgan fingerprint density at radius 2 is 2.05 bits per heavy atom. The molecule has 0 atom stereocenters.